The van der Waals surface area contributed by atoms with Gasteiger partial charge in [0.05, 0.1) is 15.5 Å². The number of halogens is 1. The zero-order valence-electron chi connectivity index (χ0n) is 16.4. The van der Waals surface area contributed by atoms with Crippen LogP contribution in [0, 0.1) is 17.0 Å². The Labute approximate surface area is 184 Å². The van der Waals surface area contributed by atoms with Crippen molar-refractivity contribution in [2.24, 2.45) is 0 Å². The van der Waals surface area contributed by atoms with Crippen LogP contribution in [0.5, 0.6) is 0 Å². The average Bonchev–Trinajstić information content (AvgIpc) is 2.73. The minimum absolute atomic E-state index is 0.0272. The van der Waals surface area contributed by atoms with Gasteiger partial charge in [0.2, 0.25) is 5.91 Å². The molecule has 1 N–H and O–H groups in total. The van der Waals surface area contributed by atoms with Gasteiger partial charge >= 0.3 is 0 Å². The SMILES string of the molecule is Cc1ccc(N(CC(=O)Nc2cccc([N+](=O)[O-])c2)S(=O)(=O)c2ccc(Cl)cc2)cc1. The number of non-ortho nitro benzene ring substituents is 1. The predicted molar refractivity (Wildman–Crippen MR) is 119 cm³/mol. The van der Waals surface area contributed by atoms with Gasteiger partial charge in [-0.15, -0.1) is 0 Å². The molecule has 0 heterocycles. The number of benzene rings is 3. The fraction of sp³-hybridized carbons (Fsp3) is 0.0952. The number of nitrogens with zero attached hydrogens (tertiary/aromatic N) is 2. The van der Waals surface area contributed by atoms with Gasteiger partial charge < -0.3 is 5.32 Å². The first-order valence-corrected chi connectivity index (χ1v) is 10.9. The number of nitrogens with one attached hydrogen (secondary N) is 1. The third-order valence-electron chi connectivity index (χ3n) is 4.35. The van der Waals surface area contributed by atoms with Gasteiger partial charge in [-0.3, -0.25) is 19.2 Å². The Balaban J connectivity index is 1.92. The number of sulfonamides is 1. The van der Waals surface area contributed by atoms with Crippen LogP contribution in [-0.4, -0.2) is 25.8 Å². The largest absolute Gasteiger partial charge is 0.324 e. The quantitative estimate of drug-likeness (QED) is 0.416. The molecule has 8 nitrogen and oxygen atoms in total. The van der Waals surface area contributed by atoms with Crippen LogP contribution in [0.15, 0.2) is 77.7 Å². The topological polar surface area (TPSA) is 110 Å². The van der Waals surface area contributed by atoms with Crippen LogP contribution in [0.4, 0.5) is 17.1 Å². The molecular weight excluding hydrogens is 442 g/mol. The summed E-state index contributed by atoms with van der Waals surface area (Å²) in [7, 11) is -4.09. The molecule has 0 aromatic heterocycles. The van der Waals surface area contributed by atoms with Gasteiger partial charge in [-0.1, -0.05) is 35.4 Å². The highest BCUT2D eigenvalue weighted by atomic mass is 35.5. The molecule has 3 aromatic carbocycles. The fourth-order valence-corrected chi connectivity index (χ4v) is 4.34. The Morgan fingerprint density at radius 1 is 1.06 bits per heavy atom. The van der Waals surface area contributed by atoms with Crippen molar-refractivity contribution < 1.29 is 18.1 Å². The van der Waals surface area contributed by atoms with Gasteiger partial charge in [-0.25, -0.2) is 8.42 Å². The Kier molecular flexibility index (Phi) is 6.57. The summed E-state index contributed by atoms with van der Waals surface area (Å²) in [6, 6.07) is 17.7. The van der Waals surface area contributed by atoms with E-state index in [4.69, 9.17) is 11.6 Å². The summed E-state index contributed by atoms with van der Waals surface area (Å²) in [5.41, 5.74) is 1.22. The van der Waals surface area contributed by atoms with Crippen molar-refractivity contribution in [2.75, 3.05) is 16.2 Å². The minimum atomic E-state index is -4.09. The van der Waals surface area contributed by atoms with Crippen LogP contribution >= 0.6 is 11.6 Å². The highest BCUT2D eigenvalue weighted by Gasteiger charge is 2.27. The lowest BCUT2D eigenvalue weighted by atomic mass is 10.2. The molecule has 3 rings (SSSR count). The molecule has 0 unspecified atom stereocenters. The van der Waals surface area contributed by atoms with Crippen LogP contribution in [0.2, 0.25) is 5.02 Å². The van der Waals surface area contributed by atoms with Gasteiger partial charge in [0.25, 0.3) is 15.7 Å². The molecule has 10 heteroatoms. The number of carbonyl (C=O) groups is 1. The number of carbonyl (C=O) groups excluding carboxylic acids is 1. The van der Waals surface area contributed by atoms with E-state index in [1.165, 1.54) is 48.5 Å². The van der Waals surface area contributed by atoms with E-state index in [1.807, 2.05) is 6.92 Å². The monoisotopic (exact) mass is 459 g/mol. The van der Waals surface area contributed by atoms with E-state index >= 15 is 0 Å². The molecule has 0 radical (unpaired) electrons. The van der Waals surface area contributed by atoms with Crippen LogP contribution in [0.1, 0.15) is 5.56 Å². The number of hydrogen-bond acceptors (Lipinski definition) is 5. The molecule has 31 heavy (non-hydrogen) atoms. The van der Waals surface area contributed by atoms with Gasteiger partial charge in [0, 0.05) is 22.8 Å². The summed E-state index contributed by atoms with van der Waals surface area (Å²) in [5, 5.41) is 13.8. The highest BCUT2D eigenvalue weighted by molar-refractivity contribution is 7.92. The van der Waals surface area contributed by atoms with Crippen LogP contribution in [-0.2, 0) is 14.8 Å². The molecule has 0 fully saturated rings. The highest BCUT2D eigenvalue weighted by Crippen LogP contribution is 2.25. The van der Waals surface area contributed by atoms with Crippen molar-refractivity contribution in [3.05, 3.63) is 93.5 Å². The number of anilines is 2. The van der Waals surface area contributed by atoms with Gasteiger partial charge in [-0.05, 0) is 49.4 Å². The lowest BCUT2D eigenvalue weighted by Crippen LogP contribution is -2.38. The first-order chi connectivity index (χ1) is 14.7. The summed E-state index contributed by atoms with van der Waals surface area (Å²) >= 11 is 5.86. The molecule has 3 aromatic rings. The lowest BCUT2D eigenvalue weighted by molar-refractivity contribution is -0.384. The summed E-state index contributed by atoms with van der Waals surface area (Å²) in [4.78, 5) is 23.0. The van der Waals surface area contributed by atoms with E-state index in [0.717, 1.165) is 9.87 Å². The molecule has 0 bridgehead atoms. The summed E-state index contributed by atoms with van der Waals surface area (Å²) in [6.45, 7) is 1.33. The van der Waals surface area contributed by atoms with Crippen molar-refractivity contribution in [1.29, 1.82) is 0 Å². The number of amides is 1. The van der Waals surface area contributed by atoms with Crippen molar-refractivity contribution >= 4 is 44.6 Å². The number of aryl methyl sites for hydroxylation is 1. The Hall–Kier alpha value is -3.43. The second kappa shape index (κ2) is 9.15. The zero-order valence-corrected chi connectivity index (χ0v) is 17.9. The minimum Gasteiger partial charge on any atom is -0.324 e. The van der Waals surface area contributed by atoms with E-state index in [-0.39, 0.29) is 16.3 Å². The zero-order chi connectivity index (χ0) is 22.6. The normalized spacial score (nSPS) is 11.0. The number of nitro groups is 1. The van der Waals surface area contributed by atoms with E-state index in [1.54, 1.807) is 24.3 Å². The second-order valence-corrected chi connectivity index (χ2v) is 8.96. The molecule has 0 atom stereocenters. The summed E-state index contributed by atoms with van der Waals surface area (Å²) in [5.74, 6) is -0.654. The van der Waals surface area contributed by atoms with E-state index in [9.17, 15) is 23.3 Å². The molecule has 0 aliphatic rings. The Morgan fingerprint density at radius 2 is 1.71 bits per heavy atom. The van der Waals surface area contributed by atoms with Crippen molar-refractivity contribution in [3.8, 4) is 0 Å². The summed E-state index contributed by atoms with van der Waals surface area (Å²) in [6.07, 6.45) is 0. The first kappa shape index (κ1) is 22.3. The predicted octanol–water partition coefficient (Wildman–Crippen LogP) is 4.39. The molecule has 0 aliphatic heterocycles. The first-order valence-electron chi connectivity index (χ1n) is 9.06. The van der Waals surface area contributed by atoms with E-state index in [0.29, 0.717) is 10.7 Å². The lowest BCUT2D eigenvalue weighted by Gasteiger charge is -2.24. The Morgan fingerprint density at radius 3 is 2.32 bits per heavy atom. The number of nitro benzene ring substituents is 1. The maximum Gasteiger partial charge on any atom is 0.271 e. The van der Waals surface area contributed by atoms with Crippen LogP contribution in [0.25, 0.3) is 0 Å². The summed E-state index contributed by atoms with van der Waals surface area (Å²) < 4.78 is 27.5. The molecular formula is C21H18ClN3O5S. The molecule has 1 amide bonds. The third-order valence-corrected chi connectivity index (χ3v) is 6.39. The van der Waals surface area contributed by atoms with Crippen LogP contribution < -0.4 is 9.62 Å². The molecule has 0 saturated heterocycles. The smallest absolute Gasteiger partial charge is 0.271 e. The Bertz CT molecular complexity index is 1210. The van der Waals surface area contributed by atoms with Gasteiger partial charge in [0.1, 0.15) is 6.54 Å². The molecule has 0 spiro atoms. The molecule has 0 aliphatic carbocycles. The third kappa shape index (κ3) is 5.39. The van der Waals surface area contributed by atoms with Crippen molar-refractivity contribution in [3.63, 3.8) is 0 Å². The van der Waals surface area contributed by atoms with Gasteiger partial charge in [0.15, 0.2) is 0 Å². The number of hydrogen-bond donors (Lipinski definition) is 1. The van der Waals surface area contributed by atoms with Crippen LogP contribution in [0.3, 0.4) is 0 Å². The maximum absolute atomic E-state index is 13.3. The number of rotatable bonds is 7. The maximum atomic E-state index is 13.3. The van der Waals surface area contributed by atoms with E-state index < -0.39 is 27.4 Å². The molecule has 0 saturated carbocycles. The van der Waals surface area contributed by atoms with E-state index in [2.05, 4.69) is 5.32 Å². The second-order valence-electron chi connectivity index (χ2n) is 6.66. The van der Waals surface area contributed by atoms with Crippen molar-refractivity contribution in [2.45, 2.75) is 11.8 Å². The fourth-order valence-electron chi connectivity index (χ4n) is 2.79. The molecule has 160 valence electrons. The average molecular weight is 460 g/mol. The van der Waals surface area contributed by atoms with Crippen molar-refractivity contribution in [1.82, 2.24) is 0 Å². The standard InChI is InChI=1S/C21H18ClN3O5S/c1-15-5-9-18(10-6-15)24(31(29,30)20-11-7-16(22)8-12-20)14-21(26)23-17-3-2-4-19(13-17)25(27)28/h2-13H,14H2,1H3,(H,23,26). The van der Waals surface area contributed by atoms with Gasteiger partial charge in [-0.2, -0.15) is 0 Å².